The molecule has 2 rings (SSSR count). The second kappa shape index (κ2) is 6.49. The molecule has 1 aliphatic heterocycles. The van der Waals surface area contributed by atoms with Crippen molar-refractivity contribution in [2.24, 2.45) is 5.92 Å². The standard InChI is InChI=1S/C15H16FNO4/c1-9-6-7-21-14(9)15(20)17-11-3-4-12(16)10(8-11)2-5-13(18)19/h2-5,8-9,14H,6-7H2,1H3,(H,17,20)(H,18,19)/b5-2+. The van der Waals surface area contributed by atoms with Gasteiger partial charge in [-0.25, -0.2) is 9.18 Å². The molecular formula is C15H16FNO4. The van der Waals surface area contributed by atoms with Gasteiger partial charge in [-0.15, -0.1) is 0 Å². The van der Waals surface area contributed by atoms with Crippen LogP contribution in [0.2, 0.25) is 0 Å². The molecule has 1 aliphatic rings. The van der Waals surface area contributed by atoms with Gasteiger partial charge in [0.2, 0.25) is 0 Å². The summed E-state index contributed by atoms with van der Waals surface area (Å²) in [7, 11) is 0. The number of ether oxygens (including phenoxy) is 1. The van der Waals surface area contributed by atoms with Crippen molar-refractivity contribution in [2.45, 2.75) is 19.4 Å². The molecule has 1 aromatic carbocycles. The van der Waals surface area contributed by atoms with E-state index in [1.54, 1.807) is 0 Å². The van der Waals surface area contributed by atoms with E-state index in [4.69, 9.17) is 9.84 Å². The molecule has 0 bridgehead atoms. The molecule has 6 heteroatoms. The summed E-state index contributed by atoms with van der Waals surface area (Å²) in [5.74, 6) is -1.87. The summed E-state index contributed by atoms with van der Waals surface area (Å²) in [5, 5.41) is 11.2. The molecule has 2 N–H and O–H groups in total. The van der Waals surface area contributed by atoms with Crippen molar-refractivity contribution in [3.63, 3.8) is 0 Å². The lowest BCUT2D eigenvalue weighted by molar-refractivity contribution is -0.131. The van der Waals surface area contributed by atoms with E-state index in [0.717, 1.165) is 18.6 Å². The number of anilines is 1. The molecule has 112 valence electrons. The zero-order chi connectivity index (χ0) is 15.4. The van der Waals surface area contributed by atoms with Gasteiger partial charge in [0.15, 0.2) is 0 Å². The molecular weight excluding hydrogens is 277 g/mol. The minimum atomic E-state index is -1.17. The van der Waals surface area contributed by atoms with Crippen LogP contribution in [-0.4, -0.2) is 29.7 Å². The normalized spacial score (nSPS) is 21.6. The fraction of sp³-hybridized carbons (Fsp3) is 0.333. The Morgan fingerprint density at radius 2 is 2.24 bits per heavy atom. The number of hydrogen-bond donors (Lipinski definition) is 2. The fourth-order valence-corrected chi connectivity index (χ4v) is 2.15. The second-order valence-electron chi connectivity index (χ2n) is 4.95. The van der Waals surface area contributed by atoms with Gasteiger partial charge in [0.25, 0.3) is 5.91 Å². The van der Waals surface area contributed by atoms with E-state index in [2.05, 4.69) is 5.32 Å². The predicted molar refractivity (Wildman–Crippen MR) is 75.2 cm³/mol. The Labute approximate surface area is 121 Å². The van der Waals surface area contributed by atoms with E-state index < -0.39 is 17.9 Å². The van der Waals surface area contributed by atoms with Crippen molar-refractivity contribution < 1.29 is 23.8 Å². The lowest BCUT2D eigenvalue weighted by Crippen LogP contribution is -2.31. The molecule has 2 atom stereocenters. The van der Waals surface area contributed by atoms with Crippen LogP contribution < -0.4 is 5.32 Å². The Morgan fingerprint density at radius 3 is 2.86 bits per heavy atom. The van der Waals surface area contributed by atoms with Gasteiger partial charge in [-0.05, 0) is 36.6 Å². The zero-order valence-corrected chi connectivity index (χ0v) is 11.5. The summed E-state index contributed by atoms with van der Waals surface area (Å²) in [6.45, 7) is 2.48. The Morgan fingerprint density at radius 1 is 1.48 bits per heavy atom. The highest BCUT2D eigenvalue weighted by Gasteiger charge is 2.30. The highest BCUT2D eigenvalue weighted by molar-refractivity contribution is 5.95. The highest BCUT2D eigenvalue weighted by atomic mass is 19.1. The summed E-state index contributed by atoms with van der Waals surface area (Å²) in [6.07, 6.45) is 2.30. The average molecular weight is 293 g/mol. The Balaban J connectivity index is 2.11. The smallest absolute Gasteiger partial charge is 0.328 e. The molecule has 0 saturated carbocycles. The summed E-state index contributed by atoms with van der Waals surface area (Å²) in [6, 6.07) is 3.98. The van der Waals surface area contributed by atoms with Gasteiger partial charge in [0.1, 0.15) is 11.9 Å². The summed E-state index contributed by atoms with van der Waals surface area (Å²) in [5.41, 5.74) is 0.490. The van der Waals surface area contributed by atoms with E-state index in [-0.39, 0.29) is 17.4 Å². The number of aliphatic carboxylic acids is 1. The van der Waals surface area contributed by atoms with Crippen LogP contribution in [0.15, 0.2) is 24.3 Å². The largest absolute Gasteiger partial charge is 0.478 e. The lowest BCUT2D eigenvalue weighted by Gasteiger charge is -2.14. The van der Waals surface area contributed by atoms with Gasteiger partial charge >= 0.3 is 5.97 Å². The Bertz CT molecular complexity index is 585. The lowest BCUT2D eigenvalue weighted by atomic mass is 10.0. The first-order chi connectivity index (χ1) is 9.97. The van der Waals surface area contributed by atoms with Gasteiger partial charge in [-0.3, -0.25) is 4.79 Å². The first kappa shape index (κ1) is 15.2. The minimum absolute atomic E-state index is 0.0931. The van der Waals surface area contributed by atoms with Crippen molar-refractivity contribution in [2.75, 3.05) is 11.9 Å². The Hall–Kier alpha value is -2.21. The monoisotopic (exact) mass is 293 g/mol. The molecule has 21 heavy (non-hydrogen) atoms. The quantitative estimate of drug-likeness (QED) is 0.835. The van der Waals surface area contributed by atoms with Gasteiger partial charge < -0.3 is 15.2 Å². The number of nitrogens with one attached hydrogen (secondary N) is 1. The van der Waals surface area contributed by atoms with Crippen LogP contribution in [0.5, 0.6) is 0 Å². The zero-order valence-electron chi connectivity index (χ0n) is 11.5. The molecule has 1 heterocycles. The van der Waals surface area contributed by atoms with E-state index in [9.17, 15) is 14.0 Å². The van der Waals surface area contributed by atoms with Gasteiger partial charge in [-0.2, -0.15) is 0 Å². The second-order valence-corrected chi connectivity index (χ2v) is 4.95. The molecule has 1 aromatic rings. The van der Waals surface area contributed by atoms with E-state index in [1.807, 2.05) is 6.92 Å². The van der Waals surface area contributed by atoms with E-state index in [0.29, 0.717) is 12.3 Å². The maximum atomic E-state index is 13.5. The molecule has 0 spiro atoms. The third kappa shape index (κ3) is 3.88. The predicted octanol–water partition coefficient (Wildman–Crippen LogP) is 2.29. The van der Waals surface area contributed by atoms with Gasteiger partial charge in [-0.1, -0.05) is 6.92 Å². The summed E-state index contributed by atoms with van der Waals surface area (Å²) in [4.78, 5) is 22.5. The van der Waals surface area contributed by atoms with Crippen molar-refractivity contribution in [3.8, 4) is 0 Å². The van der Waals surface area contributed by atoms with Crippen molar-refractivity contribution >= 4 is 23.6 Å². The first-order valence-corrected chi connectivity index (χ1v) is 6.60. The number of rotatable bonds is 4. The van der Waals surface area contributed by atoms with Crippen molar-refractivity contribution in [1.82, 2.24) is 0 Å². The molecule has 1 saturated heterocycles. The highest BCUT2D eigenvalue weighted by Crippen LogP contribution is 2.22. The molecule has 2 unspecified atom stereocenters. The number of carboxylic acid groups (broad SMARTS) is 1. The van der Waals surface area contributed by atoms with Crippen LogP contribution in [-0.2, 0) is 14.3 Å². The number of carboxylic acids is 1. The van der Waals surface area contributed by atoms with Crippen molar-refractivity contribution in [1.29, 1.82) is 0 Å². The maximum Gasteiger partial charge on any atom is 0.328 e. The first-order valence-electron chi connectivity index (χ1n) is 6.60. The van der Waals surface area contributed by atoms with E-state index >= 15 is 0 Å². The molecule has 5 nitrogen and oxygen atoms in total. The van der Waals surface area contributed by atoms with Crippen LogP contribution in [0, 0.1) is 11.7 Å². The summed E-state index contributed by atoms with van der Waals surface area (Å²) < 4.78 is 18.9. The molecule has 1 fully saturated rings. The maximum absolute atomic E-state index is 13.5. The third-order valence-corrected chi connectivity index (χ3v) is 3.31. The average Bonchev–Trinajstić information content (AvgIpc) is 2.85. The van der Waals surface area contributed by atoms with Crippen LogP contribution >= 0.6 is 0 Å². The van der Waals surface area contributed by atoms with Crippen molar-refractivity contribution in [3.05, 3.63) is 35.7 Å². The van der Waals surface area contributed by atoms with Gasteiger partial charge in [0.05, 0.1) is 0 Å². The van der Waals surface area contributed by atoms with Crippen LogP contribution in [0.1, 0.15) is 18.9 Å². The summed E-state index contributed by atoms with van der Waals surface area (Å²) >= 11 is 0. The topological polar surface area (TPSA) is 75.6 Å². The molecule has 0 radical (unpaired) electrons. The molecule has 1 amide bonds. The molecule has 0 aromatic heterocycles. The van der Waals surface area contributed by atoms with Crippen LogP contribution in [0.4, 0.5) is 10.1 Å². The number of carbonyl (C=O) groups excluding carboxylic acids is 1. The number of benzene rings is 1. The minimum Gasteiger partial charge on any atom is -0.478 e. The number of amides is 1. The van der Waals surface area contributed by atoms with Gasteiger partial charge in [0, 0.05) is 23.9 Å². The number of carbonyl (C=O) groups is 2. The number of halogens is 1. The number of hydrogen-bond acceptors (Lipinski definition) is 3. The van der Waals surface area contributed by atoms with Crippen LogP contribution in [0.3, 0.4) is 0 Å². The SMILES string of the molecule is CC1CCOC1C(=O)Nc1ccc(F)c(/C=C/C(=O)O)c1. The Kier molecular flexibility index (Phi) is 4.70. The van der Waals surface area contributed by atoms with E-state index in [1.165, 1.54) is 18.2 Å². The molecule has 0 aliphatic carbocycles. The fourth-order valence-electron chi connectivity index (χ4n) is 2.15. The third-order valence-electron chi connectivity index (χ3n) is 3.31. The van der Waals surface area contributed by atoms with Crippen LogP contribution in [0.25, 0.3) is 6.08 Å².